The SMILES string of the molecule is CC1Cc2ccccc2N1S(=O)(=O)c1cccc(C(=O)OCCOc2ccccc2)c1. The van der Waals surface area contributed by atoms with Crippen LogP contribution in [0.3, 0.4) is 0 Å². The van der Waals surface area contributed by atoms with Crippen LogP contribution in [0.25, 0.3) is 0 Å². The number of rotatable bonds is 7. The lowest BCUT2D eigenvalue weighted by Gasteiger charge is -2.24. The molecule has 1 aliphatic rings. The molecule has 0 fully saturated rings. The highest BCUT2D eigenvalue weighted by Crippen LogP contribution is 2.36. The predicted octanol–water partition coefficient (Wildman–Crippen LogP) is 4.06. The summed E-state index contributed by atoms with van der Waals surface area (Å²) in [5.41, 5.74) is 1.86. The number of benzene rings is 3. The molecule has 6 nitrogen and oxygen atoms in total. The van der Waals surface area contributed by atoms with Crippen LogP contribution in [0.15, 0.2) is 83.8 Å². The molecule has 0 amide bonds. The van der Waals surface area contributed by atoms with Crippen LogP contribution in [0.5, 0.6) is 5.75 Å². The number of carbonyl (C=O) groups excluding carboxylic acids is 1. The van der Waals surface area contributed by atoms with E-state index in [9.17, 15) is 13.2 Å². The minimum atomic E-state index is -3.82. The fourth-order valence-corrected chi connectivity index (χ4v) is 5.43. The maximum atomic E-state index is 13.4. The van der Waals surface area contributed by atoms with E-state index in [1.54, 1.807) is 18.2 Å². The molecule has 3 aromatic carbocycles. The first-order valence-electron chi connectivity index (χ1n) is 10.0. The predicted molar refractivity (Wildman–Crippen MR) is 118 cm³/mol. The molecule has 1 unspecified atom stereocenters. The van der Waals surface area contributed by atoms with E-state index in [0.717, 1.165) is 5.56 Å². The quantitative estimate of drug-likeness (QED) is 0.412. The van der Waals surface area contributed by atoms with Gasteiger partial charge in [0, 0.05) is 6.04 Å². The van der Waals surface area contributed by atoms with Crippen LogP contribution < -0.4 is 9.04 Å². The first-order chi connectivity index (χ1) is 15.0. The Morgan fingerprint density at radius 3 is 2.52 bits per heavy atom. The van der Waals surface area contributed by atoms with Gasteiger partial charge in [0.1, 0.15) is 19.0 Å². The highest BCUT2D eigenvalue weighted by atomic mass is 32.2. The third-order valence-corrected chi connectivity index (χ3v) is 7.02. The number of hydrogen-bond acceptors (Lipinski definition) is 5. The molecule has 160 valence electrons. The Morgan fingerprint density at radius 1 is 0.968 bits per heavy atom. The molecule has 3 aromatic rings. The fourth-order valence-electron chi connectivity index (χ4n) is 3.69. The van der Waals surface area contributed by atoms with Crippen molar-refractivity contribution in [1.82, 2.24) is 0 Å². The summed E-state index contributed by atoms with van der Waals surface area (Å²) < 4.78 is 38.9. The van der Waals surface area contributed by atoms with Crippen LogP contribution >= 0.6 is 0 Å². The summed E-state index contributed by atoms with van der Waals surface area (Å²) in [4.78, 5) is 12.5. The number of hydrogen-bond donors (Lipinski definition) is 0. The maximum Gasteiger partial charge on any atom is 0.338 e. The summed E-state index contributed by atoms with van der Waals surface area (Å²) in [5, 5.41) is 0. The Balaban J connectivity index is 1.46. The van der Waals surface area contributed by atoms with Gasteiger partial charge in [-0.1, -0.05) is 42.5 Å². The Labute approximate surface area is 182 Å². The van der Waals surface area contributed by atoms with Crippen molar-refractivity contribution in [3.05, 3.63) is 90.0 Å². The summed E-state index contributed by atoms with van der Waals surface area (Å²) in [6.07, 6.45) is 0.651. The van der Waals surface area contributed by atoms with Crippen LogP contribution in [-0.2, 0) is 21.2 Å². The number of sulfonamides is 1. The molecule has 4 rings (SSSR count). The van der Waals surface area contributed by atoms with Gasteiger partial charge in [0.15, 0.2) is 0 Å². The maximum absolute atomic E-state index is 13.4. The third-order valence-electron chi connectivity index (χ3n) is 5.10. The zero-order valence-electron chi connectivity index (χ0n) is 17.1. The van der Waals surface area contributed by atoms with Crippen LogP contribution in [-0.4, -0.2) is 33.6 Å². The minimum absolute atomic E-state index is 0.0568. The van der Waals surface area contributed by atoms with E-state index in [0.29, 0.717) is 17.9 Å². The average molecular weight is 438 g/mol. The second-order valence-electron chi connectivity index (χ2n) is 7.31. The molecule has 0 radical (unpaired) electrons. The molecule has 0 spiro atoms. The lowest BCUT2D eigenvalue weighted by atomic mass is 10.1. The van der Waals surface area contributed by atoms with E-state index < -0.39 is 16.0 Å². The first kappa shape index (κ1) is 20.9. The average Bonchev–Trinajstić information content (AvgIpc) is 3.13. The molecular formula is C24H23NO5S. The third kappa shape index (κ3) is 4.41. The van der Waals surface area contributed by atoms with Crippen LogP contribution in [0, 0.1) is 0 Å². The van der Waals surface area contributed by atoms with E-state index in [1.165, 1.54) is 16.4 Å². The highest BCUT2D eigenvalue weighted by molar-refractivity contribution is 7.92. The molecular weight excluding hydrogens is 414 g/mol. The van der Waals surface area contributed by atoms with Crippen molar-refractivity contribution in [2.45, 2.75) is 24.3 Å². The molecule has 1 heterocycles. The van der Waals surface area contributed by atoms with E-state index in [1.807, 2.05) is 55.5 Å². The Morgan fingerprint density at radius 2 is 1.71 bits per heavy atom. The van der Waals surface area contributed by atoms with Gasteiger partial charge in [0.25, 0.3) is 10.0 Å². The lowest BCUT2D eigenvalue weighted by molar-refractivity contribution is 0.0450. The van der Waals surface area contributed by atoms with Crippen molar-refractivity contribution in [3.63, 3.8) is 0 Å². The number of esters is 1. The van der Waals surface area contributed by atoms with E-state index in [-0.39, 0.29) is 29.7 Å². The number of carbonyl (C=O) groups is 1. The Kier molecular flexibility index (Phi) is 5.95. The van der Waals surface area contributed by atoms with Gasteiger partial charge in [-0.25, -0.2) is 13.2 Å². The molecule has 0 aromatic heterocycles. The number of para-hydroxylation sites is 2. The summed E-state index contributed by atoms with van der Waals surface area (Å²) in [6, 6.07) is 22.4. The molecule has 0 saturated heterocycles. The van der Waals surface area contributed by atoms with Crippen molar-refractivity contribution < 1.29 is 22.7 Å². The molecule has 0 aliphatic carbocycles. The van der Waals surface area contributed by atoms with Gasteiger partial charge in [0.2, 0.25) is 0 Å². The van der Waals surface area contributed by atoms with Crippen molar-refractivity contribution in [3.8, 4) is 5.75 Å². The standard InChI is InChI=1S/C24H23NO5S/c1-18-16-19-8-5-6-13-23(19)25(18)31(27,28)22-12-7-9-20(17-22)24(26)30-15-14-29-21-10-3-2-4-11-21/h2-13,17-18H,14-16H2,1H3. The van der Waals surface area contributed by atoms with Gasteiger partial charge in [0.05, 0.1) is 16.1 Å². The van der Waals surface area contributed by atoms with Gasteiger partial charge in [-0.15, -0.1) is 0 Å². The van der Waals surface area contributed by atoms with Gasteiger partial charge >= 0.3 is 5.97 Å². The second-order valence-corrected chi connectivity index (χ2v) is 9.12. The van der Waals surface area contributed by atoms with Crippen LogP contribution in [0.4, 0.5) is 5.69 Å². The number of anilines is 1. The highest BCUT2D eigenvalue weighted by Gasteiger charge is 2.36. The summed E-state index contributed by atoms with van der Waals surface area (Å²) in [5.74, 6) is 0.0928. The van der Waals surface area contributed by atoms with E-state index >= 15 is 0 Å². The Hall–Kier alpha value is -3.32. The molecule has 1 atom stereocenters. The normalized spacial score (nSPS) is 15.4. The van der Waals surface area contributed by atoms with Crippen molar-refractivity contribution in [1.29, 1.82) is 0 Å². The molecule has 0 N–H and O–H groups in total. The number of ether oxygens (including phenoxy) is 2. The van der Waals surface area contributed by atoms with Crippen LogP contribution in [0.2, 0.25) is 0 Å². The molecule has 0 saturated carbocycles. The topological polar surface area (TPSA) is 72.9 Å². The molecule has 0 bridgehead atoms. The fraction of sp³-hybridized carbons (Fsp3) is 0.208. The lowest BCUT2D eigenvalue weighted by Crippen LogP contribution is -2.35. The van der Waals surface area contributed by atoms with Crippen LogP contribution in [0.1, 0.15) is 22.8 Å². The van der Waals surface area contributed by atoms with Crippen molar-refractivity contribution in [2.75, 3.05) is 17.5 Å². The van der Waals surface area contributed by atoms with Gasteiger partial charge in [-0.3, -0.25) is 4.31 Å². The van der Waals surface area contributed by atoms with Gasteiger partial charge < -0.3 is 9.47 Å². The summed E-state index contributed by atoms with van der Waals surface area (Å²) in [7, 11) is -3.82. The van der Waals surface area contributed by atoms with E-state index in [2.05, 4.69) is 0 Å². The smallest absolute Gasteiger partial charge is 0.338 e. The van der Waals surface area contributed by atoms with Crippen molar-refractivity contribution >= 4 is 21.7 Å². The Bertz CT molecular complexity index is 1180. The monoisotopic (exact) mass is 437 g/mol. The van der Waals surface area contributed by atoms with E-state index in [4.69, 9.17) is 9.47 Å². The largest absolute Gasteiger partial charge is 0.490 e. The summed E-state index contributed by atoms with van der Waals surface area (Å²) in [6.45, 7) is 2.14. The zero-order chi connectivity index (χ0) is 21.8. The summed E-state index contributed by atoms with van der Waals surface area (Å²) >= 11 is 0. The first-order valence-corrected chi connectivity index (χ1v) is 11.5. The number of fused-ring (bicyclic) bond motifs is 1. The van der Waals surface area contributed by atoms with Gasteiger partial charge in [-0.2, -0.15) is 0 Å². The zero-order valence-corrected chi connectivity index (χ0v) is 17.9. The van der Waals surface area contributed by atoms with Crippen molar-refractivity contribution in [2.24, 2.45) is 0 Å². The molecule has 7 heteroatoms. The molecule has 1 aliphatic heterocycles. The minimum Gasteiger partial charge on any atom is -0.490 e. The molecule has 31 heavy (non-hydrogen) atoms. The number of nitrogens with zero attached hydrogens (tertiary/aromatic N) is 1. The van der Waals surface area contributed by atoms with Gasteiger partial charge in [-0.05, 0) is 55.3 Å². The second kappa shape index (κ2) is 8.81.